The number of rotatable bonds is 4. The molecule has 128 valence electrons. The molecule has 0 saturated carbocycles. The van der Waals surface area contributed by atoms with E-state index in [9.17, 15) is 9.18 Å². The maximum atomic E-state index is 13.8. The van der Waals surface area contributed by atoms with E-state index in [1.165, 1.54) is 12.1 Å². The Morgan fingerprint density at radius 2 is 1.85 bits per heavy atom. The molecular formula is C18H12FN5O2. The first-order valence-electron chi connectivity index (χ1n) is 7.71. The third-order valence-corrected chi connectivity index (χ3v) is 3.72. The molecule has 0 aliphatic carbocycles. The van der Waals surface area contributed by atoms with Gasteiger partial charge in [0, 0.05) is 11.3 Å². The number of halogens is 1. The third-order valence-electron chi connectivity index (χ3n) is 3.72. The van der Waals surface area contributed by atoms with Gasteiger partial charge in [-0.25, -0.2) is 4.39 Å². The van der Waals surface area contributed by atoms with Gasteiger partial charge in [0.2, 0.25) is 5.82 Å². The number of amides is 1. The van der Waals surface area contributed by atoms with E-state index >= 15 is 0 Å². The van der Waals surface area contributed by atoms with Crippen LogP contribution in [-0.4, -0.2) is 26.5 Å². The highest BCUT2D eigenvalue weighted by molar-refractivity contribution is 6.02. The van der Waals surface area contributed by atoms with E-state index in [0.29, 0.717) is 22.8 Å². The molecule has 2 aromatic carbocycles. The summed E-state index contributed by atoms with van der Waals surface area (Å²) < 4.78 is 19.3. The number of nitrogens with zero attached hydrogens (tertiary/aromatic N) is 3. The first kappa shape index (κ1) is 15.7. The highest BCUT2D eigenvalue weighted by Gasteiger charge is 2.14. The van der Waals surface area contributed by atoms with Gasteiger partial charge in [0.15, 0.2) is 5.76 Å². The summed E-state index contributed by atoms with van der Waals surface area (Å²) in [6.07, 6.45) is 0. The van der Waals surface area contributed by atoms with Crippen LogP contribution in [0.2, 0.25) is 0 Å². The Morgan fingerprint density at radius 1 is 1.04 bits per heavy atom. The summed E-state index contributed by atoms with van der Waals surface area (Å²) in [5.41, 5.74) is 1.64. The summed E-state index contributed by atoms with van der Waals surface area (Å²) in [6.45, 7) is 0. The topological polar surface area (TPSA) is 96.7 Å². The highest BCUT2D eigenvalue weighted by atomic mass is 19.1. The summed E-state index contributed by atoms with van der Waals surface area (Å²) in [5, 5.41) is 16.4. The number of benzene rings is 2. The van der Waals surface area contributed by atoms with Crippen molar-refractivity contribution in [2.24, 2.45) is 0 Å². The fourth-order valence-corrected chi connectivity index (χ4v) is 2.45. The number of carbonyl (C=O) groups excluding carboxylic acids is 1. The van der Waals surface area contributed by atoms with Gasteiger partial charge in [0.05, 0.1) is 5.56 Å². The molecule has 26 heavy (non-hydrogen) atoms. The van der Waals surface area contributed by atoms with Crippen LogP contribution in [0.25, 0.3) is 22.7 Å². The van der Waals surface area contributed by atoms with E-state index in [4.69, 9.17) is 4.42 Å². The summed E-state index contributed by atoms with van der Waals surface area (Å²) in [7, 11) is 0. The lowest BCUT2D eigenvalue weighted by Crippen LogP contribution is -2.10. The maximum Gasteiger partial charge on any atom is 0.291 e. The number of furan rings is 1. The van der Waals surface area contributed by atoms with E-state index in [1.807, 2.05) is 0 Å². The van der Waals surface area contributed by atoms with Crippen LogP contribution in [0, 0.1) is 5.82 Å². The first-order valence-corrected chi connectivity index (χ1v) is 7.71. The molecule has 4 rings (SSSR count). The van der Waals surface area contributed by atoms with Crippen LogP contribution in [0.1, 0.15) is 10.6 Å². The zero-order valence-electron chi connectivity index (χ0n) is 13.3. The van der Waals surface area contributed by atoms with Crippen molar-refractivity contribution < 1.29 is 13.6 Å². The predicted molar refractivity (Wildman–Crippen MR) is 91.7 cm³/mol. The predicted octanol–water partition coefficient (Wildman–Crippen LogP) is 3.52. The second-order valence-corrected chi connectivity index (χ2v) is 5.41. The van der Waals surface area contributed by atoms with Crippen LogP contribution in [0.3, 0.4) is 0 Å². The summed E-state index contributed by atoms with van der Waals surface area (Å²) in [5.74, 6) is 0.000376. The maximum absolute atomic E-state index is 13.8. The van der Waals surface area contributed by atoms with E-state index in [1.54, 1.807) is 48.5 Å². The molecule has 0 spiro atoms. The molecule has 0 saturated heterocycles. The first-order chi connectivity index (χ1) is 12.7. The molecule has 0 fully saturated rings. The SMILES string of the molecule is O=C(Nc1ccc(-c2nn[nH]n2)cc1)c1ccc(-c2ccccc2F)o1. The Morgan fingerprint density at radius 3 is 2.58 bits per heavy atom. The number of anilines is 1. The molecule has 8 heteroatoms. The van der Waals surface area contributed by atoms with E-state index < -0.39 is 11.7 Å². The minimum absolute atomic E-state index is 0.0884. The van der Waals surface area contributed by atoms with Gasteiger partial charge >= 0.3 is 0 Å². The molecule has 0 unspecified atom stereocenters. The van der Waals surface area contributed by atoms with Crippen LogP contribution < -0.4 is 5.32 Å². The van der Waals surface area contributed by atoms with Crippen molar-refractivity contribution in [3.63, 3.8) is 0 Å². The lowest BCUT2D eigenvalue weighted by Gasteiger charge is -2.04. The smallest absolute Gasteiger partial charge is 0.291 e. The van der Waals surface area contributed by atoms with Gasteiger partial charge in [-0.3, -0.25) is 4.79 Å². The summed E-state index contributed by atoms with van der Waals surface area (Å²) in [6, 6.07) is 16.2. The van der Waals surface area contributed by atoms with Gasteiger partial charge in [0.25, 0.3) is 5.91 Å². The monoisotopic (exact) mass is 349 g/mol. The van der Waals surface area contributed by atoms with Crippen LogP contribution in [0.5, 0.6) is 0 Å². The van der Waals surface area contributed by atoms with Crippen LogP contribution in [0.4, 0.5) is 10.1 Å². The quantitative estimate of drug-likeness (QED) is 0.587. The van der Waals surface area contributed by atoms with Crippen molar-refractivity contribution in [2.45, 2.75) is 0 Å². The fourth-order valence-electron chi connectivity index (χ4n) is 2.45. The second kappa shape index (κ2) is 6.60. The zero-order valence-corrected chi connectivity index (χ0v) is 13.3. The number of tetrazole rings is 1. The van der Waals surface area contributed by atoms with Gasteiger partial charge in [-0.05, 0) is 53.7 Å². The normalized spacial score (nSPS) is 10.7. The Labute approximate surface area is 146 Å². The Kier molecular flexibility index (Phi) is 3.98. The molecule has 0 atom stereocenters. The van der Waals surface area contributed by atoms with Crippen LogP contribution in [-0.2, 0) is 0 Å². The Balaban J connectivity index is 1.49. The van der Waals surface area contributed by atoms with Crippen molar-refractivity contribution in [3.8, 4) is 22.7 Å². The van der Waals surface area contributed by atoms with Crippen LogP contribution >= 0.6 is 0 Å². The molecular weight excluding hydrogens is 337 g/mol. The van der Waals surface area contributed by atoms with E-state index in [2.05, 4.69) is 25.9 Å². The number of aromatic nitrogens is 4. The minimum Gasteiger partial charge on any atom is -0.451 e. The number of hydrogen-bond acceptors (Lipinski definition) is 5. The standard InChI is InChI=1S/C18H12FN5O2/c19-14-4-2-1-3-13(14)15-9-10-16(26-15)18(25)20-12-7-5-11(6-8-12)17-21-23-24-22-17/h1-10H,(H,20,25)(H,21,22,23,24). The van der Waals surface area contributed by atoms with Crippen LogP contribution in [0.15, 0.2) is 65.1 Å². The number of carbonyl (C=O) groups is 1. The molecule has 0 aliphatic heterocycles. The molecule has 2 aromatic heterocycles. The van der Waals surface area contributed by atoms with Gasteiger partial charge in [-0.15, -0.1) is 10.2 Å². The average molecular weight is 349 g/mol. The molecule has 0 bridgehead atoms. The van der Waals surface area contributed by atoms with Crippen molar-refractivity contribution >= 4 is 11.6 Å². The van der Waals surface area contributed by atoms with Crippen molar-refractivity contribution in [2.75, 3.05) is 5.32 Å². The average Bonchev–Trinajstić information content (AvgIpc) is 3.35. The number of aromatic amines is 1. The van der Waals surface area contributed by atoms with Crippen molar-refractivity contribution in [3.05, 3.63) is 72.2 Å². The Hall–Kier alpha value is -3.81. The number of H-pyrrole nitrogens is 1. The van der Waals surface area contributed by atoms with Crippen molar-refractivity contribution in [1.29, 1.82) is 0 Å². The molecule has 0 radical (unpaired) electrons. The minimum atomic E-state index is -0.431. The summed E-state index contributed by atoms with van der Waals surface area (Å²) in [4.78, 5) is 12.3. The molecule has 1 amide bonds. The Bertz CT molecular complexity index is 1040. The third kappa shape index (κ3) is 3.07. The molecule has 7 nitrogen and oxygen atoms in total. The summed E-state index contributed by atoms with van der Waals surface area (Å²) >= 11 is 0. The van der Waals surface area contributed by atoms with Gasteiger partial charge in [-0.1, -0.05) is 12.1 Å². The zero-order chi connectivity index (χ0) is 17.9. The number of nitrogens with one attached hydrogen (secondary N) is 2. The number of hydrogen-bond donors (Lipinski definition) is 2. The molecule has 4 aromatic rings. The van der Waals surface area contributed by atoms with E-state index in [-0.39, 0.29) is 5.76 Å². The van der Waals surface area contributed by atoms with Gasteiger partial charge < -0.3 is 9.73 Å². The molecule has 2 heterocycles. The highest BCUT2D eigenvalue weighted by Crippen LogP contribution is 2.25. The van der Waals surface area contributed by atoms with Crippen molar-refractivity contribution in [1.82, 2.24) is 20.6 Å². The van der Waals surface area contributed by atoms with Gasteiger partial charge in [-0.2, -0.15) is 5.21 Å². The fraction of sp³-hybridized carbons (Fsp3) is 0. The largest absolute Gasteiger partial charge is 0.451 e. The van der Waals surface area contributed by atoms with Gasteiger partial charge in [0.1, 0.15) is 11.6 Å². The lowest BCUT2D eigenvalue weighted by molar-refractivity contribution is 0.0997. The van der Waals surface area contributed by atoms with E-state index in [0.717, 1.165) is 5.56 Å². The second-order valence-electron chi connectivity index (χ2n) is 5.41. The molecule has 2 N–H and O–H groups in total. The lowest BCUT2D eigenvalue weighted by atomic mass is 10.1. The molecule has 0 aliphatic rings.